The van der Waals surface area contributed by atoms with Gasteiger partial charge in [-0.05, 0) is 25.8 Å². The van der Waals surface area contributed by atoms with Gasteiger partial charge < -0.3 is 9.42 Å². The summed E-state index contributed by atoms with van der Waals surface area (Å²) in [4.78, 5) is 19.8. The van der Waals surface area contributed by atoms with E-state index in [2.05, 4.69) is 10.1 Å². The van der Waals surface area contributed by atoms with E-state index in [1.807, 2.05) is 37.3 Å². The van der Waals surface area contributed by atoms with Crippen LogP contribution in [0.25, 0.3) is 22.4 Å². The molecular formula is C21H23N3O4S. The highest BCUT2D eigenvalue weighted by Gasteiger charge is 2.35. The van der Waals surface area contributed by atoms with Gasteiger partial charge in [-0.25, -0.2) is 13.4 Å². The predicted octanol–water partition coefficient (Wildman–Crippen LogP) is 3.24. The molecule has 1 aliphatic heterocycles. The Labute approximate surface area is 169 Å². The quantitative estimate of drug-likeness (QED) is 0.637. The maximum atomic E-state index is 13.6. The van der Waals surface area contributed by atoms with Crippen molar-refractivity contribution in [2.45, 2.75) is 32.7 Å². The van der Waals surface area contributed by atoms with Gasteiger partial charge in [-0.1, -0.05) is 42.4 Å². The Morgan fingerprint density at radius 2 is 2.03 bits per heavy atom. The summed E-state index contributed by atoms with van der Waals surface area (Å²) in [5, 5.41) is 4.58. The summed E-state index contributed by atoms with van der Waals surface area (Å²) in [7, 11) is -3.10. The van der Waals surface area contributed by atoms with E-state index in [0.29, 0.717) is 41.0 Å². The molecule has 0 unspecified atom stereocenters. The van der Waals surface area contributed by atoms with Crippen molar-refractivity contribution in [1.29, 1.82) is 0 Å². The Morgan fingerprint density at radius 1 is 1.28 bits per heavy atom. The molecule has 0 spiro atoms. The number of hydrogen-bond donors (Lipinski definition) is 0. The van der Waals surface area contributed by atoms with Crippen molar-refractivity contribution in [2.75, 3.05) is 18.1 Å². The average Bonchev–Trinajstić information content (AvgIpc) is 3.27. The molecule has 0 bridgehead atoms. The number of rotatable bonds is 5. The van der Waals surface area contributed by atoms with Gasteiger partial charge >= 0.3 is 0 Å². The van der Waals surface area contributed by atoms with Gasteiger partial charge in [-0.15, -0.1) is 0 Å². The molecule has 2 aromatic heterocycles. The lowest BCUT2D eigenvalue weighted by atomic mass is 10.0. The number of aromatic nitrogens is 2. The van der Waals surface area contributed by atoms with Crippen molar-refractivity contribution in [2.24, 2.45) is 0 Å². The number of carbonyl (C=O) groups is 1. The second-order valence-corrected chi connectivity index (χ2v) is 9.65. The molecule has 0 N–H and O–H groups in total. The fraction of sp³-hybridized carbons (Fsp3) is 0.381. The van der Waals surface area contributed by atoms with Crippen LogP contribution in [0.5, 0.6) is 0 Å². The number of sulfone groups is 1. The lowest BCUT2D eigenvalue weighted by Gasteiger charge is -2.28. The van der Waals surface area contributed by atoms with Gasteiger partial charge in [0.15, 0.2) is 9.84 Å². The molecule has 0 radical (unpaired) electrons. The first-order valence-electron chi connectivity index (χ1n) is 9.73. The van der Waals surface area contributed by atoms with Crippen LogP contribution in [0.3, 0.4) is 0 Å². The van der Waals surface area contributed by atoms with Crippen molar-refractivity contribution in [1.82, 2.24) is 15.0 Å². The summed E-state index contributed by atoms with van der Waals surface area (Å²) in [5.74, 6) is -0.0654. The third-order valence-corrected chi connectivity index (χ3v) is 7.04. The molecule has 1 aliphatic rings. The summed E-state index contributed by atoms with van der Waals surface area (Å²) in [6, 6.07) is 11.0. The SMILES string of the molecule is CCCN(C(=O)c1cc(-c2ccccc2)nc2onc(C)c12)[C@H]1CCS(=O)(=O)C1. The minimum absolute atomic E-state index is 0.0150. The van der Waals surface area contributed by atoms with E-state index >= 15 is 0 Å². The number of amides is 1. The maximum Gasteiger partial charge on any atom is 0.259 e. The number of carbonyl (C=O) groups excluding carboxylic acids is 1. The molecule has 1 aromatic carbocycles. The van der Waals surface area contributed by atoms with Gasteiger partial charge in [0.05, 0.1) is 33.8 Å². The molecule has 1 atom stereocenters. The van der Waals surface area contributed by atoms with Gasteiger partial charge in [0.25, 0.3) is 11.6 Å². The van der Waals surface area contributed by atoms with Crippen LogP contribution in [0.4, 0.5) is 0 Å². The third-order valence-electron chi connectivity index (χ3n) is 5.29. The highest BCUT2D eigenvalue weighted by atomic mass is 32.2. The largest absolute Gasteiger partial charge is 0.335 e. The highest BCUT2D eigenvalue weighted by molar-refractivity contribution is 7.91. The first-order valence-corrected chi connectivity index (χ1v) is 11.6. The number of pyridine rings is 1. The predicted molar refractivity (Wildman–Crippen MR) is 110 cm³/mol. The number of hydrogen-bond acceptors (Lipinski definition) is 6. The molecule has 7 nitrogen and oxygen atoms in total. The zero-order valence-corrected chi connectivity index (χ0v) is 17.3. The molecule has 1 fully saturated rings. The first kappa shape index (κ1) is 19.6. The Balaban J connectivity index is 1.82. The summed E-state index contributed by atoms with van der Waals surface area (Å²) in [6.45, 7) is 4.25. The van der Waals surface area contributed by atoms with Gasteiger partial charge in [0.1, 0.15) is 0 Å². The molecule has 1 amide bonds. The van der Waals surface area contributed by atoms with Crippen molar-refractivity contribution in [3.8, 4) is 11.3 Å². The standard InChI is InChI=1S/C21H23N3O4S/c1-3-10-24(16-9-11-29(26,27)13-16)21(25)17-12-18(15-7-5-4-6-8-15)22-20-19(17)14(2)23-28-20/h4-8,12,16H,3,9-11,13H2,1-2H3/t16-/m0/s1. The van der Waals surface area contributed by atoms with Crippen molar-refractivity contribution >= 4 is 26.8 Å². The number of fused-ring (bicyclic) bond motifs is 1. The van der Waals surface area contributed by atoms with Crippen molar-refractivity contribution in [3.63, 3.8) is 0 Å². The Kier molecular flexibility index (Phi) is 5.12. The maximum absolute atomic E-state index is 13.6. The molecule has 4 rings (SSSR count). The summed E-state index contributed by atoms with van der Waals surface area (Å²) in [5.41, 5.74) is 2.83. The smallest absolute Gasteiger partial charge is 0.259 e. The van der Waals surface area contributed by atoms with Crippen LogP contribution in [0, 0.1) is 6.92 Å². The van der Waals surface area contributed by atoms with Gasteiger partial charge in [0.2, 0.25) is 0 Å². The van der Waals surface area contributed by atoms with Crippen LogP contribution in [0.15, 0.2) is 40.9 Å². The van der Waals surface area contributed by atoms with Crippen molar-refractivity contribution < 1.29 is 17.7 Å². The van der Waals surface area contributed by atoms with Gasteiger partial charge in [-0.3, -0.25) is 4.79 Å². The molecule has 29 heavy (non-hydrogen) atoms. The molecule has 0 saturated carbocycles. The van der Waals surface area contributed by atoms with E-state index in [1.54, 1.807) is 17.9 Å². The number of nitrogens with zero attached hydrogens (tertiary/aromatic N) is 3. The Hall–Kier alpha value is -2.74. The topological polar surface area (TPSA) is 93.4 Å². The molecule has 1 saturated heterocycles. The molecule has 152 valence electrons. The van der Waals surface area contributed by atoms with Crippen LogP contribution in [0.2, 0.25) is 0 Å². The number of benzene rings is 1. The monoisotopic (exact) mass is 413 g/mol. The zero-order valence-electron chi connectivity index (χ0n) is 16.5. The fourth-order valence-corrected chi connectivity index (χ4v) is 5.62. The van der Waals surface area contributed by atoms with E-state index in [4.69, 9.17) is 4.52 Å². The van der Waals surface area contributed by atoms with E-state index in [1.165, 1.54) is 0 Å². The van der Waals surface area contributed by atoms with E-state index < -0.39 is 9.84 Å². The summed E-state index contributed by atoms with van der Waals surface area (Å²) < 4.78 is 29.4. The molecule has 3 heterocycles. The number of aryl methyl sites for hydroxylation is 1. The van der Waals surface area contributed by atoms with Crippen LogP contribution in [0.1, 0.15) is 35.8 Å². The Morgan fingerprint density at radius 3 is 2.69 bits per heavy atom. The molecule has 8 heteroatoms. The van der Waals surface area contributed by atoms with Crippen LogP contribution in [-0.4, -0.2) is 53.5 Å². The minimum Gasteiger partial charge on any atom is -0.335 e. The minimum atomic E-state index is -3.10. The van der Waals surface area contributed by atoms with Crippen LogP contribution in [-0.2, 0) is 9.84 Å². The zero-order chi connectivity index (χ0) is 20.6. The van der Waals surface area contributed by atoms with E-state index in [0.717, 1.165) is 12.0 Å². The fourth-order valence-electron chi connectivity index (χ4n) is 3.89. The normalized spacial score (nSPS) is 18.2. The lowest BCUT2D eigenvalue weighted by molar-refractivity contribution is 0.0699. The lowest BCUT2D eigenvalue weighted by Crippen LogP contribution is -2.41. The van der Waals surface area contributed by atoms with Gasteiger partial charge in [0, 0.05) is 18.2 Å². The summed E-state index contributed by atoms with van der Waals surface area (Å²) >= 11 is 0. The second kappa shape index (κ2) is 7.59. The molecule has 0 aliphatic carbocycles. The van der Waals surface area contributed by atoms with Crippen LogP contribution >= 0.6 is 0 Å². The molecule has 3 aromatic rings. The highest BCUT2D eigenvalue weighted by Crippen LogP contribution is 2.29. The third kappa shape index (κ3) is 3.76. The summed E-state index contributed by atoms with van der Waals surface area (Å²) in [6.07, 6.45) is 1.21. The van der Waals surface area contributed by atoms with Gasteiger partial charge in [-0.2, -0.15) is 0 Å². The average molecular weight is 413 g/mol. The first-order chi connectivity index (χ1) is 13.9. The van der Waals surface area contributed by atoms with Crippen LogP contribution < -0.4 is 0 Å². The van der Waals surface area contributed by atoms with Crippen molar-refractivity contribution in [3.05, 3.63) is 47.7 Å². The van der Waals surface area contributed by atoms with E-state index in [-0.39, 0.29) is 23.5 Å². The molecular weight excluding hydrogens is 390 g/mol. The Bertz CT molecular complexity index is 1160. The second-order valence-electron chi connectivity index (χ2n) is 7.42. The van der Waals surface area contributed by atoms with E-state index in [9.17, 15) is 13.2 Å².